The van der Waals surface area contributed by atoms with E-state index in [1.165, 1.54) is 6.20 Å². The van der Waals surface area contributed by atoms with Crippen molar-refractivity contribution >= 4 is 21.7 Å². The standard InChI is InChI=1S/C10H11N3O6S/c14-2-3-5(15)6(16)8(19-3)13-7-4(20-10(13)18)1-11-9(17)12-7/h1,3,5-6,8,14-16H,2H2,(H,11,12,17)/t3-,5-,6-,8-/m1/s1. The highest BCUT2D eigenvalue weighted by atomic mass is 32.1. The molecule has 0 bridgehead atoms. The van der Waals surface area contributed by atoms with Gasteiger partial charge in [-0.05, 0) is 0 Å². The van der Waals surface area contributed by atoms with Crippen molar-refractivity contribution in [3.63, 3.8) is 0 Å². The molecule has 0 spiro atoms. The van der Waals surface area contributed by atoms with Gasteiger partial charge in [0.25, 0.3) is 0 Å². The second-order valence-corrected chi connectivity index (χ2v) is 5.36. The first-order chi connectivity index (χ1) is 9.52. The number of nitrogens with one attached hydrogen (secondary N) is 1. The Kier molecular flexibility index (Phi) is 3.18. The van der Waals surface area contributed by atoms with Crippen molar-refractivity contribution < 1.29 is 20.1 Å². The highest BCUT2D eigenvalue weighted by molar-refractivity contribution is 7.16. The zero-order chi connectivity index (χ0) is 14.4. The van der Waals surface area contributed by atoms with E-state index in [0.717, 1.165) is 15.9 Å². The minimum absolute atomic E-state index is 0.162. The summed E-state index contributed by atoms with van der Waals surface area (Å²) >= 11 is 0.826. The van der Waals surface area contributed by atoms with Crippen LogP contribution < -0.4 is 10.6 Å². The van der Waals surface area contributed by atoms with Gasteiger partial charge in [0, 0.05) is 0 Å². The molecule has 1 saturated heterocycles. The third-order valence-electron chi connectivity index (χ3n) is 3.16. The number of hydrogen-bond acceptors (Lipinski definition) is 8. The topological polar surface area (TPSA) is 138 Å². The number of aromatic amines is 1. The lowest BCUT2D eigenvalue weighted by atomic mass is 10.1. The summed E-state index contributed by atoms with van der Waals surface area (Å²) < 4.78 is 6.76. The van der Waals surface area contributed by atoms with Crippen LogP contribution in [0.3, 0.4) is 0 Å². The first-order valence-electron chi connectivity index (χ1n) is 5.75. The fourth-order valence-electron chi connectivity index (χ4n) is 2.19. The summed E-state index contributed by atoms with van der Waals surface area (Å²) in [6.45, 7) is -0.496. The van der Waals surface area contributed by atoms with Crippen LogP contribution in [0.5, 0.6) is 0 Å². The van der Waals surface area contributed by atoms with Gasteiger partial charge in [-0.15, -0.1) is 0 Å². The molecule has 108 valence electrons. The van der Waals surface area contributed by atoms with E-state index in [0.29, 0.717) is 4.70 Å². The number of H-pyrrole nitrogens is 1. The Bertz CT molecular complexity index is 751. The molecule has 10 heteroatoms. The Morgan fingerprint density at radius 2 is 2.15 bits per heavy atom. The molecule has 0 aliphatic carbocycles. The van der Waals surface area contributed by atoms with Crippen LogP contribution in [0.25, 0.3) is 10.3 Å². The summed E-state index contributed by atoms with van der Waals surface area (Å²) in [4.78, 5) is 28.7. The lowest BCUT2D eigenvalue weighted by molar-refractivity contribution is -0.0518. The van der Waals surface area contributed by atoms with Crippen LogP contribution in [-0.2, 0) is 4.74 Å². The van der Waals surface area contributed by atoms with E-state index >= 15 is 0 Å². The van der Waals surface area contributed by atoms with Crippen LogP contribution in [0.2, 0.25) is 0 Å². The Hall–Kier alpha value is -1.59. The maximum atomic E-state index is 12.0. The Balaban J connectivity index is 2.15. The smallest absolute Gasteiger partial charge is 0.346 e. The van der Waals surface area contributed by atoms with Gasteiger partial charge in [-0.3, -0.25) is 14.3 Å². The summed E-state index contributed by atoms with van der Waals surface area (Å²) in [6.07, 6.45) is -3.63. The van der Waals surface area contributed by atoms with Gasteiger partial charge >= 0.3 is 10.6 Å². The van der Waals surface area contributed by atoms with E-state index in [-0.39, 0.29) is 5.65 Å². The molecular formula is C10H11N3O6S. The molecule has 0 unspecified atom stereocenters. The molecule has 4 atom stereocenters. The van der Waals surface area contributed by atoms with Crippen LogP contribution in [0, 0.1) is 0 Å². The van der Waals surface area contributed by atoms with Crippen molar-refractivity contribution in [1.29, 1.82) is 0 Å². The molecule has 1 fully saturated rings. The summed E-state index contributed by atoms with van der Waals surface area (Å²) in [6, 6.07) is 0. The largest absolute Gasteiger partial charge is 0.394 e. The van der Waals surface area contributed by atoms with Crippen molar-refractivity contribution in [3.8, 4) is 0 Å². The van der Waals surface area contributed by atoms with Crippen LogP contribution in [0.4, 0.5) is 0 Å². The molecule has 2 aromatic rings. The molecule has 3 rings (SSSR count). The summed E-state index contributed by atoms with van der Waals surface area (Å²) in [5, 5.41) is 28.7. The predicted molar refractivity (Wildman–Crippen MR) is 67.5 cm³/mol. The highest BCUT2D eigenvalue weighted by Crippen LogP contribution is 2.30. The van der Waals surface area contributed by atoms with Gasteiger partial charge in [-0.25, -0.2) is 9.78 Å². The van der Waals surface area contributed by atoms with Gasteiger partial charge in [0.2, 0.25) is 0 Å². The Morgan fingerprint density at radius 1 is 1.40 bits per heavy atom. The summed E-state index contributed by atoms with van der Waals surface area (Å²) in [5.41, 5.74) is -0.481. The van der Waals surface area contributed by atoms with E-state index in [4.69, 9.17) is 9.84 Å². The number of aliphatic hydroxyl groups is 3. The number of rotatable bonds is 2. The predicted octanol–water partition coefficient (Wildman–Crippen LogP) is -2.24. The van der Waals surface area contributed by atoms with Crippen molar-refractivity contribution in [2.45, 2.75) is 24.5 Å². The van der Waals surface area contributed by atoms with Gasteiger partial charge in [0.05, 0.1) is 17.5 Å². The Morgan fingerprint density at radius 3 is 2.80 bits per heavy atom. The molecule has 20 heavy (non-hydrogen) atoms. The fourth-order valence-corrected chi connectivity index (χ4v) is 3.02. The first kappa shape index (κ1) is 13.4. The molecular weight excluding hydrogens is 290 g/mol. The molecule has 2 aromatic heterocycles. The lowest BCUT2D eigenvalue weighted by Crippen LogP contribution is -2.34. The summed E-state index contributed by atoms with van der Waals surface area (Å²) in [5.74, 6) is 0. The Labute approximate surface area is 114 Å². The van der Waals surface area contributed by atoms with Gasteiger partial charge in [-0.1, -0.05) is 11.3 Å². The fraction of sp³-hybridized carbons (Fsp3) is 0.500. The van der Waals surface area contributed by atoms with Crippen molar-refractivity contribution in [3.05, 3.63) is 26.3 Å². The third-order valence-corrected chi connectivity index (χ3v) is 4.05. The minimum atomic E-state index is -1.39. The molecule has 9 nitrogen and oxygen atoms in total. The average Bonchev–Trinajstić information content (AvgIpc) is 2.88. The van der Waals surface area contributed by atoms with Crippen LogP contribution in [0.15, 0.2) is 15.8 Å². The monoisotopic (exact) mass is 301 g/mol. The van der Waals surface area contributed by atoms with E-state index in [9.17, 15) is 19.8 Å². The van der Waals surface area contributed by atoms with Crippen LogP contribution in [0.1, 0.15) is 6.23 Å². The number of aromatic nitrogens is 3. The molecule has 1 aliphatic heterocycles. The van der Waals surface area contributed by atoms with Crippen LogP contribution >= 0.6 is 11.3 Å². The molecule has 0 radical (unpaired) electrons. The number of thiazole rings is 1. The van der Waals surface area contributed by atoms with Crippen molar-refractivity contribution in [2.24, 2.45) is 0 Å². The first-order valence-corrected chi connectivity index (χ1v) is 6.57. The maximum Gasteiger partial charge on any atom is 0.346 e. The normalized spacial score (nSPS) is 30.1. The molecule has 1 aliphatic rings. The van der Waals surface area contributed by atoms with Crippen molar-refractivity contribution in [1.82, 2.24) is 14.5 Å². The molecule has 0 amide bonds. The number of fused-ring (bicyclic) bond motifs is 1. The number of aliphatic hydroxyl groups excluding tert-OH is 3. The van der Waals surface area contributed by atoms with Crippen molar-refractivity contribution in [2.75, 3.05) is 6.61 Å². The molecule has 3 heterocycles. The minimum Gasteiger partial charge on any atom is -0.394 e. The van der Waals surface area contributed by atoms with Gasteiger partial charge < -0.3 is 20.1 Å². The summed E-state index contributed by atoms with van der Waals surface area (Å²) in [7, 11) is 0. The van der Waals surface area contributed by atoms with Gasteiger partial charge in [0.1, 0.15) is 24.0 Å². The molecule has 0 saturated carbocycles. The van der Waals surface area contributed by atoms with E-state index in [1.807, 2.05) is 0 Å². The highest BCUT2D eigenvalue weighted by Gasteiger charge is 2.44. The SMILES string of the molecule is O=c1ncc2sc(=O)n([C@@H]3O[C@H](CO)[C@@H](O)[C@H]3O)c2[nH]1. The molecule has 4 N–H and O–H groups in total. The number of nitrogens with zero attached hydrogens (tertiary/aromatic N) is 2. The van der Waals surface area contributed by atoms with Crippen LogP contribution in [-0.4, -0.2) is 54.8 Å². The lowest BCUT2D eigenvalue weighted by Gasteiger charge is -2.15. The average molecular weight is 301 g/mol. The third kappa shape index (κ3) is 1.89. The van der Waals surface area contributed by atoms with E-state index in [1.54, 1.807) is 0 Å². The van der Waals surface area contributed by atoms with Gasteiger partial charge in [-0.2, -0.15) is 0 Å². The zero-order valence-electron chi connectivity index (χ0n) is 9.96. The second kappa shape index (κ2) is 4.75. The molecule has 0 aromatic carbocycles. The van der Waals surface area contributed by atoms with Gasteiger partial charge in [0.15, 0.2) is 6.23 Å². The zero-order valence-corrected chi connectivity index (χ0v) is 10.8. The number of hydrogen-bond donors (Lipinski definition) is 4. The second-order valence-electron chi connectivity index (χ2n) is 4.37. The quantitative estimate of drug-likeness (QED) is 0.492. The number of ether oxygens (including phenoxy) is 1. The maximum absolute atomic E-state index is 12.0. The van der Waals surface area contributed by atoms with E-state index in [2.05, 4.69) is 9.97 Å². The van der Waals surface area contributed by atoms with E-state index < -0.39 is 41.7 Å².